The van der Waals surface area contributed by atoms with Crippen molar-refractivity contribution in [2.24, 2.45) is 0 Å². The van der Waals surface area contributed by atoms with E-state index in [4.69, 9.17) is 9.47 Å². The molecule has 1 atom stereocenters. The summed E-state index contributed by atoms with van der Waals surface area (Å²) in [6.45, 7) is 3.95. The van der Waals surface area contributed by atoms with Crippen LogP contribution < -0.4 is 0 Å². The van der Waals surface area contributed by atoms with Gasteiger partial charge in [-0.2, -0.15) is 0 Å². The van der Waals surface area contributed by atoms with Crippen molar-refractivity contribution in [2.75, 3.05) is 13.2 Å². The first-order valence-electron chi connectivity index (χ1n) is 22.1. The van der Waals surface area contributed by atoms with Crippen LogP contribution in [0.3, 0.4) is 0 Å². The molecule has 0 aromatic rings. The summed E-state index contributed by atoms with van der Waals surface area (Å²) in [7, 11) is 0. The number of aliphatic hydroxyl groups is 1. The maximum absolute atomic E-state index is 12.2. The molecule has 0 unspecified atom stereocenters. The van der Waals surface area contributed by atoms with Gasteiger partial charge in [-0.15, -0.1) is 0 Å². The van der Waals surface area contributed by atoms with Crippen LogP contribution in [0.1, 0.15) is 194 Å². The molecule has 0 aliphatic carbocycles. The Bertz CT molecular complexity index is 1030. The number of unbranched alkanes of at least 4 members (excludes halogenated alkanes) is 17. The zero-order valence-corrected chi connectivity index (χ0v) is 35.0. The molecular formula is C49H82O5. The maximum Gasteiger partial charge on any atom is 0.306 e. The second-order valence-corrected chi connectivity index (χ2v) is 14.4. The topological polar surface area (TPSA) is 72.8 Å². The Hall–Kier alpha value is -2.92. The highest BCUT2D eigenvalue weighted by Gasteiger charge is 2.15. The quantitative estimate of drug-likeness (QED) is 0.0385. The van der Waals surface area contributed by atoms with E-state index in [1.54, 1.807) is 0 Å². The van der Waals surface area contributed by atoms with Crippen LogP contribution in [0.25, 0.3) is 0 Å². The first kappa shape index (κ1) is 51.1. The summed E-state index contributed by atoms with van der Waals surface area (Å²) < 4.78 is 10.6. The fraction of sp³-hybridized carbons (Fsp3) is 0.673. The maximum atomic E-state index is 12.2. The Morgan fingerprint density at radius 3 is 1.28 bits per heavy atom. The molecule has 0 saturated heterocycles. The van der Waals surface area contributed by atoms with Gasteiger partial charge in [0.2, 0.25) is 0 Å². The summed E-state index contributed by atoms with van der Waals surface area (Å²) >= 11 is 0. The lowest BCUT2D eigenvalue weighted by Gasteiger charge is -2.15. The summed E-state index contributed by atoms with van der Waals surface area (Å²) in [5.74, 6) is -0.692. The minimum atomic E-state index is -0.807. The zero-order chi connectivity index (χ0) is 39.3. The molecule has 0 bridgehead atoms. The van der Waals surface area contributed by atoms with Crippen molar-refractivity contribution in [2.45, 2.75) is 200 Å². The van der Waals surface area contributed by atoms with E-state index >= 15 is 0 Å². The summed E-state index contributed by atoms with van der Waals surface area (Å²) in [6, 6.07) is 0. The molecule has 0 radical (unpaired) electrons. The van der Waals surface area contributed by atoms with E-state index in [1.807, 2.05) is 12.2 Å². The van der Waals surface area contributed by atoms with E-state index in [9.17, 15) is 14.7 Å². The molecule has 0 saturated carbocycles. The molecule has 5 heteroatoms. The molecule has 0 heterocycles. The number of esters is 2. The van der Waals surface area contributed by atoms with E-state index in [-0.39, 0.29) is 31.6 Å². The van der Waals surface area contributed by atoms with Crippen LogP contribution in [-0.2, 0) is 19.1 Å². The Kier molecular flexibility index (Phi) is 42.1. The highest BCUT2D eigenvalue weighted by molar-refractivity contribution is 5.70. The van der Waals surface area contributed by atoms with Crippen molar-refractivity contribution >= 4 is 11.9 Å². The monoisotopic (exact) mass is 751 g/mol. The summed E-state index contributed by atoms with van der Waals surface area (Å²) in [5, 5.41) is 9.58. The average molecular weight is 751 g/mol. The third-order valence-corrected chi connectivity index (χ3v) is 9.19. The molecule has 0 rings (SSSR count). The van der Waals surface area contributed by atoms with Crippen molar-refractivity contribution in [3.05, 3.63) is 85.1 Å². The molecular weight excluding hydrogens is 669 g/mol. The molecule has 54 heavy (non-hydrogen) atoms. The molecule has 0 amide bonds. The average Bonchev–Trinajstić information content (AvgIpc) is 3.17. The fourth-order valence-corrected chi connectivity index (χ4v) is 5.87. The highest BCUT2D eigenvalue weighted by Crippen LogP contribution is 2.14. The van der Waals surface area contributed by atoms with E-state index < -0.39 is 6.10 Å². The van der Waals surface area contributed by atoms with Gasteiger partial charge in [-0.1, -0.05) is 189 Å². The van der Waals surface area contributed by atoms with E-state index in [1.165, 1.54) is 103 Å². The molecule has 1 N–H and O–H groups in total. The minimum absolute atomic E-state index is 0.110. The first-order chi connectivity index (χ1) is 26.6. The second kappa shape index (κ2) is 44.5. The van der Waals surface area contributed by atoms with Gasteiger partial charge >= 0.3 is 11.9 Å². The van der Waals surface area contributed by atoms with E-state index in [0.29, 0.717) is 12.8 Å². The summed E-state index contributed by atoms with van der Waals surface area (Å²) in [6.07, 6.45) is 60.9. The molecule has 308 valence electrons. The Balaban J connectivity index is 3.65. The third-order valence-electron chi connectivity index (χ3n) is 9.19. The first-order valence-corrected chi connectivity index (χ1v) is 22.1. The molecule has 5 nitrogen and oxygen atoms in total. The van der Waals surface area contributed by atoms with Gasteiger partial charge in [0.25, 0.3) is 0 Å². The van der Waals surface area contributed by atoms with Gasteiger partial charge in [-0.25, -0.2) is 0 Å². The molecule has 0 aliphatic rings. The van der Waals surface area contributed by atoms with Crippen LogP contribution in [0.15, 0.2) is 85.1 Å². The van der Waals surface area contributed by atoms with E-state index in [2.05, 4.69) is 86.8 Å². The van der Waals surface area contributed by atoms with Gasteiger partial charge in [0.1, 0.15) is 6.61 Å². The standard InChI is InChI=1S/C49H82O5/c1-3-5-7-9-11-13-15-17-19-21-23-24-26-28-30-32-34-36-38-40-42-44-49(52)54-47(45-50)46-53-48(51)43-41-39-37-35-33-31-29-27-25-22-20-18-16-14-12-10-8-6-4-2/h6,8,12,14,17-20,25,27,31,33,37,39,47,50H,3-5,7,9-11,13,15-16,21-24,26,28-30,32,34-36,38,40-46H2,1-2H3/b8-6+,14-12+,19-17+,20-18+,27-25+,33-31+,39-37+/t47-/m0/s1. The number of hydrogen-bond acceptors (Lipinski definition) is 5. The van der Waals surface area contributed by atoms with Gasteiger partial charge in [-0.05, 0) is 77.0 Å². The van der Waals surface area contributed by atoms with Crippen molar-refractivity contribution in [1.29, 1.82) is 0 Å². The van der Waals surface area contributed by atoms with Crippen LogP contribution in [0, 0.1) is 0 Å². The number of carbonyl (C=O) groups excluding carboxylic acids is 2. The molecule has 0 aromatic carbocycles. The smallest absolute Gasteiger partial charge is 0.306 e. The molecule has 0 fully saturated rings. The fourth-order valence-electron chi connectivity index (χ4n) is 5.87. The highest BCUT2D eigenvalue weighted by atomic mass is 16.6. The largest absolute Gasteiger partial charge is 0.462 e. The van der Waals surface area contributed by atoms with Gasteiger partial charge in [0.15, 0.2) is 6.10 Å². The number of ether oxygens (including phenoxy) is 2. The van der Waals surface area contributed by atoms with Gasteiger partial charge in [0, 0.05) is 12.8 Å². The number of allylic oxidation sites excluding steroid dienone is 14. The zero-order valence-electron chi connectivity index (χ0n) is 35.0. The molecule has 0 spiro atoms. The van der Waals surface area contributed by atoms with Crippen LogP contribution in [0.5, 0.6) is 0 Å². The van der Waals surface area contributed by atoms with E-state index in [0.717, 1.165) is 57.8 Å². The third kappa shape index (κ3) is 41.8. The van der Waals surface area contributed by atoms with Crippen LogP contribution in [-0.4, -0.2) is 36.4 Å². The number of carbonyl (C=O) groups is 2. The summed E-state index contributed by atoms with van der Waals surface area (Å²) in [5.41, 5.74) is 0. The van der Waals surface area contributed by atoms with Crippen LogP contribution in [0.2, 0.25) is 0 Å². The number of rotatable bonds is 39. The summed E-state index contributed by atoms with van der Waals surface area (Å²) in [4.78, 5) is 24.3. The number of hydrogen-bond donors (Lipinski definition) is 1. The SMILES string of the molecule is CC/C=C/C/C=C/C/C=C/C/C=C/C/C=C/C/C=C/CCC(=O)OC[C@H](CO)OC(=O)CCCCCCCCCCCCC/C=C/CCCCCCCC. The number of aliphatic hydroxyl groups excluding tert-OH is 1. The van der Waals surface area contributed by atoms with Gasteiger partial charge in [0.05, 0.1) is 6.61 Å². The Labute approximate surface area is 333 Å². The van der Waals surface area contributed by atoms with Crippen LogP contribution in [0.4, 0.5) is 0 Å². The predicted octanol–water partition coefficient (Wildman–Crippen LogP) is 14.3. The molecule has 0 aromatic heterocycles. The van der Waals surface area contributed by atoms with Crippen molar-refractivity contribution in [3.63, 3.8) is 0 Å². The minimum Gasteiger partial charge on any atom is -0.462 e. The lowest BCUT2D eigenvalue weighted by atomic mass is 10.0. The van der Waals surface area contributed by atoms with Crippen molar-refractivity contribution < 1.29 is 24.2 Å². The van der Waals surface area contributed by atoms with Crippen molar-refractivity contribution in [3.8, 4) is 0 Å². The predicted molar refractivity (Wildman–Crippen MR) is 233 cm³/mol. The van der Waals surface area contributed by atoms with Gasteiger partial charge < -0.3 is 14.6 Å². The Morgan fingerprint density at radius 2 is 0.833 bits per heavy atom. The molecule has 0 aliphatic heterocycles. The second-order valence-electron chi connectivity index (χ2n) is 14.4. The normalized spacial score (nSPS) is 13.0. The lowest BCUT2D eigenvalue weighted by molar-refractivity contribution is -0.161. The lowest BCUT2D eigenvalue weighted by Crippen LogP contribution is -2.28. The van der Waals surface area contributed by atoms with Crippen molar-refractivity contribution in [1.82, 2.24) is 0 Å². The Morgan fingerprint density at radius 1 is 0.444 bits per heavy atom. The van der Waals surface area contributed by atoms with Gasteiger partial charge in [-0.3, -0.25) is 9.59 Å². The van der Waals surface area contributed by atoms with Crippen LogP contribution >= 0.6 is 0 Å².